The van der Waals surface area contributed by atoms with Gasteiger partial charge in [-0.15, -0.1) is 0 Å². The van der Waals surface area contributed by atoms with Crippen LogP contribution in [0.2, 0.25) is 5.02 Å². The minimum absolute atomic E-state index is 0.0669. The first kappa shape index (κ1) is 19.9. The highest BCUT2D eigenvalue weighted by molar-refractivity contribution is 6.30. The second-order valence-corrected chi connectivity index (χ2v) is 6.88. The largest absolute Gasteiger partial charge is 0.497 e. The fraction of sp³-hybridized carbons (Fsp3) is 0.286. The molecule has 2 amide bonds. The molecule has 28 heavy (non-hydrogen) atoms. The van der Waals surface area contributed by atoms with Crippen LogP contribution in [0.25, 0.3) is 0 Å². The van der Waals surface area contributed by atoms with Crippen molar-refractivity contribution in [3.8, 4) is 5.75 Å². The molecular weight excluding hydrogens is 378 g/mol. The molecule has 1 aliphatic rings. The van der Waals surface area contributed by atoms with Gasteiger partial charge in [-0.25, -0.2) is 5.01 Å². The number of hydrazone groups is 1. The van der Waals surface area contributed by atoms with E-state index in [1.807, 2.05) is 36.4 Å². The molecular formula is C21H22ClN3O3. The van der Waals surface area contributed by atoms with Crippen molar-refractivity contribution < 1.29 is 14.3 Å². The van der Waals surface area contributed by atoms with E-state index in [0.717, 1.165) is 22.6 Å². The minimum atomic E-state index is -0.130. The maximum Gasteiger partial charge on any atom is 0.243 e. The molecule has 1 N–H and O–H groups in total. The van der Waals surface area contributed by atoms with Gasteiger partial charge in [0.15, 0.2) is 0 Å². The van der Waals surface area contributed by atoms with E-state index in [4.69, 9.17) is 16.3 Å². The number of nitrogens with one attached hydrogen (secondary N) is 1. The smallest absolute Gasteiger partial charge is 0.243 e. The van der Waals surface area contributed by atoms with E-state index in [9.17, 15) is 9.59 Å². The molecule has 7 heteroatoms. The molecule has 2 aromatic rings. The number of carbonyl (C=O) groups excluding carboxylic acids is 2. The van der Waals surface area contributed by atoms with E-state index in [0.29, 0.717) is 24.4 Å². The van der Waals surface area contributed by atoms with Crippen LogP contribution >= 0.6 is 11.6 Å². The van der Waals surface area contributed by atoms with Crippen molar-refractivity contribution in [2.75, 3.05) is 13.7 Å². The molecule has 1 heterocycles. The second-order valence-electron chi connectivity index (χ2n) is 6.45. The topological polar surface area (TPSA) is 71.0 Å². The molecule has 1 aliphatic heterocycles. The van der Waals surface area contributed by atoms with Crippen molar-refractivity contribution >= 4 is 29.1 Å². The molecule has 0 spiro atoms. The zero-order valence-electron chi connectivity index (χ0n) is 15.7. The maximum atomic E-state index is 12.2. The van der Waals surface area contributed by atoms with E-state index in [1.165, 1.54) is 5.01 Å². The fourth-order valence-electron chi connectivity index (χ4n) is 2.86. The Kier molecular flexibility index (Phi) is 6.66. The molecule has 6 nitrogen and oxygen atoms in total. The average Bonchev–Trinajstić information content (AvgIpc) is 2.73. The predicted octanol–water partition coefficient (Wildman–Crippen LogP) is 3.38. The molecule has 0 aliphatic carbocycles. The lowest BCUT2D eigenvalue weighted by atomic mass is 10.0. The van der Waals surface area contributed by atoms with Gasteiger partial charge in [0.1, 0.15) is 5.75 Å². The number of hydrogen-bond acceptors (Lipinski definition) is 4. The third kappa shape index (κ3) is 5.33. The lowest BCUT2D eigenvalue weighted by molar-refractivity contribution is -0.132. The fourth-order valence-corrected chi connectivity index (χ4v) is 2.99. The van der Waals surface area contributed by atoms with E-state index in [2.05, 4.69) is 10.4 Å². The van der Waals surface area contributed by atoms with E-state index in [-0.39, 0.29) is 24.8 Å². The number of rotatable bonds is 7. The summed E-state index contributed by atoms with van der Waals surface area (Å²) in [4.78, 5) is 24.3. The van der Waals surface area contributed by atoms with Crippen molar-refractivity contribution in [1.82, 2.24) is 10.3 Å². The molecule has 0 saturated carbocycles. The van der Waals surface area contributed by atoms with Gasteiger partial charge in [0.05, 0.1) is 19.4 Å². The number of nitrogens with zero attached hydrogens (tertiary/aromatic N) is 2. The van der Waals surface area contributed by atoms with Crippen molar-refractivity contribution in [1.29, 1.82) is 0 Å². The van der Waals surface area contributed by atoms with Crippen molar-refractivity contribution in [2.45, 2.75) is 25.8 Å². The quantitative estimate of drug-likeness (QED) is 0.775. The zero-order chi connectivity index (χ0) is 19.9. The van der Waals surface area contributed by atoms with Gasteiger partial charge < -0.3 is 10.1 Å². The van der Waals surface area contributed by atoms with Gasteiger partial charge in [-0.3, -0.25) is 9.59 Å². The molecule has 146 valence electrons. The Morgan fingerprint density at radius 3 is 2.54 bits per heavy atom. The van der Waals surface area contributed by atoms with Crippen LogP contribution in [0.1, 0.15) is 30.4 Å². The first-order valence-electron chi connectivity index (χ1n) is 9.08. The lowest BCUT2D eigenvalue weighted by Crippen LogP contribution is -2.35. The maximum absolute atomic E-state index is 12.2. The standard InChI is InChI=1S/C21H22ClN3O3/c1-28-18-8-4-16(5-9-18)19-10-11-21(27)25(24-19)13-12-20(26)23-14-15-2-6-17(22)7-3-15/h2-9H,10-14H2,1H3,(H,23,26). The first-order chi connectivity index (χ1) is 13.5. The Morgan fingerprint density at radius 1 is 1.14 bits per heavy atom. The summed E-state index contributed by atoms with van der Waals surface area (Å²) in [7, 11) is 1.62. The summed E-state index contributed by atoms with van der Waals surface area (Å²) in [6.45, 7) is 0.676. The van der Waals surface area contributed by atoms with Crippen LogP contribution in [0.5, 0.6) is 5.75 Å². The summed E-state index contributed by atoms with van der Waals surface area (Å²) >= 11 is 5.85. The van der Waals surface area contributed by atoms with Crippen LogP contribution < -0.4 is 10.1 Å². The van der Waals surface area contributed by atoms with Crippen LogP contribution in [-0.2, 0) is 16.1 Å². The number of halogens is 1. The number of methoxy groups -OCH3 is 1. The molecule has 0 aromatic heterocycles. The van der Waals surface area contributed by atoms with E-state index >= 15 is 0 Å². The highest BCUT2D eigenvalue weighted by Crippen LogP contribution is 2.18. The van der Waals surface area contributed by atoms with Gasteiger partial charge in [0.2, 0.25) is 11.8 Å². The predicted molar refractivity (Wildman–Crippen MR) is 108 cm³/mol. The summed E-state index contributed by atoms with van der Waals surface area (Å²) in [5.74, 6) is 0.572. The Balaban J connectivity index is 1.54. The number of hydrogen-bond donors (Lipinski definition) is 1. The van der Waals surface area contributed by atoms with Crippen LogP contribution in [0.4, 0.5) is 0 Å². The van der Waals surface area contributed by atoms with Gasteiger partial charge in [-0.2, -0.15) is 5.10 Å². The van der Waals surface area contributed by atoms with Crippen molar-refractivity contribution in [3.05, 3.63) is 64.7 Å². The lowest BCUT2D eigenvalue weighted by Gasteiger charge is -2.23. The van der Waals surface area contributed by atoms with Crippen LogP contribution in [0, 0.1) is 0 Å². The molecule has 0 saturated heterocycles. The van der Waals surface area contributed by atoms with E-state index < -0.39 is 0 Å². The van der Waals surface area contributed by atoms with E-state index in [1.54, 1.807) is 19.2 Å². The van der Waals surface area contributed by atoms with Gasteiger partial charge in [-0.05, 0) is 47.5 Å². The third-order valence-electron chi connectivity index (χ3n) is 4.48. The summed E-state index contributed by atoms with van der Waals surface area (Å²) in [6.07, 6.45) is 1.17. The van der Waals surface area contributed by atoms with Crippen molar-refractivity contribution in [2.24, 2.45) is 5.10 Å². The molecule has 3 rings (SSSR count). The van der Waals surface area contributed by atoms with Crippen LogP contribution in [0.15, 0.2) is 53.6 Å². The molecule has 0 atom stereocenters. The normalized spacial score (nSPS) is 13.9. The summed E-state index contributed by atoms with van der Waals surface area (Å²) in [5, 5.41) is 9.35. The molecule has 2 aromatic carbocycles. The first-order valence-corrected chi connectivity index (χ1v) is 9.46. The monoisotopic (exact) mass is 399 g/mol. The van der Waals surface area contributed by atoms with Crippen LogP contribution in [-0.4, -0.2) is 36.2 Å². The molecule has 0 radical (unpaired) electrons. The van der Waals surface area contributed by atoms with Crippen molar-refractivity contribution in [3.63, 3.8) is 0 Å². The molecule has 0 unspecified atom stereocenters. The molecule has 0 fully saturated rings. The SMILES string of the molecule is COc1ccc(C2=NN(CCC(=O)NCc3ccc(Cl)cc3)C(=O)CC2)cc1. The number of carbonyl (C=O) groups is 2. The number of benzene rings is 2. The summed E-state index contributed by atoms with van der Waals surface area (Å²) < 4.78 is 5.16. The number of ether oxygens (including phenoxy) is 1. The van der Waals surface area contributed by atoms with Gasteiger partial charge in [0, 0.05) is 30.8 Å². The highest BCUT2D eigenvalue weighted by atomic mass is 35.5. The molecule has 0 bridgehead atoms. The Bertz CT molecular complexity index is 863. The third-order valence-corrected chi connectivity index (χ3v) is 4.73. The Morgan fingerprint density at radius 2 is 1.86 bits per heavy atom. The van der Waals surface area contributed by atoms with Gasteiger partial charge >= 0.3 is 0 Å². The van der Waals surface area contributed by atoms with Gasteiger partial charge in [-0.1, -0.05) is 23.7 Å². The number of amides is 2. The average molecular weight is 400 g/mol. The summed E-state index contributed by atoms with van der Waals surface area (Å²) in [6, 6.07) is 14.9. The minimum Gasteiger partial charge on any atom is -0.497 e. The van der Waals surface area contributed by atoms with Crippen LogP contribution in [0.3, 0.4) is 0 Å². The Hall–Kier alpha value is -2.86. The second kappa shape index (κ2) is 9.37. The summed E-state index contributed by atoms with van der Waals surface area (Å²) in [5.41, 5.74) is 2.75. The Labute approximate surface area is 169 Å². The zero-order valence-corrected chi connectivity index (χ0v) is 16.4. The van der Waals surface area contributed by atoms with Gasteiger partial charge in [0.25, 0.3) is 0 Å². The highest BCUT2D eigenvalue weighted by Gasteiger charge is 2.21.